The molecule has 6 heteroatoms. The Morgan fingerprint density at radius 1 is 1.12 bits per heavy atom. The van der Waals surface area contributed by atoms with Crippen molar-refractivity contribution in [3.8, 4) is 0 Å². The van der Waals surface area contributed by atoms with Gasteiger partial charge in [-0.3, -0.25) is 4.79 Å². The average Bonchev–Trinajstić information content (AvgIpc) is 2.58. The Hall–Kier alpha value is -1.56. The molecule has 2 aromatic rings. The lowest BCUT2D eigenvalue weighted by Gasteiger charge is -2.33. The Bertz CT molecular complexity index is 717. The summed E-state index contributed by atoms with van der Waals surface area (Å²) in [4.78, 5) is 15.8. The molecule has 1 saturated heterocycles. The fraction of sp³-hybridized carbons (Fsp3) is 0.278. The molecule has 0 saturated carbocycles. The van der Waals surface area contributed by atoms with Crippen molar-refractivity contribution in [2.45, 2.75) is 0 Å². The van der Waals surface area contributed by atoms with E-state index in [1.807, 2.05) is 48.5 Å². The molecule has 1 heterocycles. The Balaban J connectivity index is 1.51. The van der Waals surface area contributed by atoms with Gasteiger partial charge < -0.3 is 15.1 Å². The number of quaternary nitrogens is 1. The van der Waals surface area contributed by atoms with Gasteiger partial charge in [0.15, 0.2) is 6.54 Å². The van der Waals surface area contributed by atoms with E-state index >= 15 is 0 Å². The minimum absolute atomic E-state index is 0.0445. The second kappa shape index (κ2) is 8.01. The Morgan fingerprint density at radius 2 is 1.79 bits per heavy atom. The first kappa shape index (κ1) is 17.3. The SMILES string of the molecule is O=C(C[NH+]1CCN(c2ccccc2Cl)CC1)Nc1ccccc1Br. The van der Waals surface area contributed by atoms with Crippen LogP contribution in [-0.4, -0.2) is 38.6 Å². The molecule has 24 heavy (non-hydrogen) atoms. The number of carbonyl (C=O) groups is 1. The lowest BCUT2D eigenvalue weighted by molar-refractivity contribution is -0.892. The Morgan fingerprint density at radius 3 is 2.50 bits per heavy atom. The van der Waals surface area contributed by atoms with Gasteiger partial charge in [0.1, 0.15) is 0 Å². The van der Waals surface area contributed by atoms with E-state index in [1.54, 1.807) is 0 Å². The van der Waals surface area contributed by atoms with Crippen molar-refractivity contribution in [1.29, 1.82) is 0 Å². The van der Waals surface area contributed by atoms with E-state index in [0.29, 0.717) is 6.54 Å². The normalized spacial score (nSPS) is 15.3. The summed E-state index contributed by atoms with van der Waals surface area (Å²) in [6, 6.07) is 15.6. The number of nitrogens with one attached hydrogen (secondary N) is 2. The van der Waals surface area contributed by atoms with Gasteiger partial charge in [-0.25, -0.2) is 0 Å². The van der Waals surface area contributed by atoms with E-state index in [1.165, 1.54) is 4.90 Å². The molecule has 1 amide bonds. The summed E-state index contributed by atoms with van der Waals surface area (Å²) in [5, 5.41) is 3.75. The molecule has 126 valence electrons. The van der Waals surface area contributed by atoms with Crippen LogP contribution in [0.3, 0.4) is 0 Å². The fourth-order valence-electron chi connectivity index (χ4n) is 2.93. The van der Waals surface area contributed by atoms with Crippen LogP contribution >= 0.6 is 27.5 Å². The predicted octanol–water partition coefficient (Wildman–Crippen LogP) is 2.45. The van der Waals surface area contributed by atoms with Gasteiger partial charge >= 0.3 is 0 Å². The van der Waals surface area contributed by atoms with Crippen LogP contribution in [0.2, 0.25) is 5.02 Å². The van der Waals surface area contributed by atoms with E-state index in [-0.39, 0.29) is 5.91 Å². The third-order valence-corrected chi connectivity index (χ3v) is 5.23. The van der Waals surface area contributed by atoms with Gasteiger partial charge in [-0.1, -0.05) is 35.9 Å². The van der Waals surface area contributed by atoms with E-state index < -0.39 is 0 Å². The zero-order valence-electron chi connectivity index (χ0n) is 13.3. The number of halogens is 2. The van der Waals surface area contributed by atoms with Gasteiger partial charge in [0.25, 0.3) is 5.91 Å². The molecule has 3 rings (SSSR count). The maximum atomic E-state index is 12.3. The summed E-state index contributed by atoms with van der Waals surface area (Å²) in [7, 11) is 0. The van der Waals surface area contributed by atoms with Crippen LogP contribution in [0.1, 0.15) is 0 Å². The molecule has 0 atom stereocenters. The average molecular weight is 410 g/mol. The molecule has 0 aromatic heterocycles. The second-order valence-corrected chi connectivity index (χ2v) is 7.15. The van der Waals surface area contributed by atoms with Gasteiger partial charge in [-0.2, -0.15) is 0 Å². The molecule has 2 aromatic carbocycles. The number of piperazine rings is 1. The minimum Gasteiger partial charge on any atom is -0.359 e. The predicted molar refractivity (Wildman–Crippen MR) is 102 cm³/mol. The van der Waals surface area contributed by atoms with Crippen molar-refractivity contribution in [2.24, 2.45) is 0 Å². The summed E-state index contributed by atoms with van der Waals surface area (Å²) >= 11 is 9.72. The molecule has 2 N–H and O–H groups in total. The number of benzene rings is 2. The number of amides is 1. The molecule has 1 aliphatic heterocycles. The van der Waals surface area contributed by atoms with Crippen molar-refractivity contribution in [1.82, 2.24) is 0 Å². The van der Waals surface area contributed by atoms with E-state index in [0.717, 1.165) is 47.0 Å². The highest BCUT2D eigenvalue weighted by Crippen LogP contribution is 2.24. The molecule has 0 aliphatic carbocycles. The molecule has 0 bridgehead atoms. The molecule has 1 aliphatic rings. The van der Waals surface area contributed by atoms with Gasteiger partial charge in [0.05, 0.1) is 42.6 Å². The first-order valence-corrected chi connectivity index (χ1v) is 9.18. The summed E-state index contributed by atoms with van der Waals surface area (Å²) in [5.41, 5.74) is 1.90. The number of nitrogens with zero attached hydrogens (tertiary/aromatic N) is 1. The van der Waals surface area contributed by atoms with Crippen LogP contribution in [0.25, 0.3) is 0 Å². The van der Waals surface area contributed by atoms with Crippen molar-refractivity contribution >= 4 is 44.8 Å². The molecule has 1 fully saturated rings. The van der Waals surface area contributed by atoms with Crippen LogP contribution < -0.4 is 15.1 Å². The van der Waals surface area contributed by atoms with Crippen LogP contribution in [-0.2, 0) is 4.79 Å². The van der Waals surface area contributed by atoms with Crippen molar-refractivity contribution in [3.63, 3.8) is 0 Å². The highest BCUT2D eigenvalue weighted by atomic mass is 79.9. The molecule has 0 unspecified atom stereocenters. The van der Waals surface area contributed by atoms with E-state index in [4.69, 9.17) is 11.6 Å². The van der Waals surface area contributed by atoms with E-state index in [2.05, 4.69) is 26.1 Å². The topological polar surface area (TPSA) is 36.8 Å². The van der Waals surface area contributed by atoms with Gasteiger partial charge in [-0.15, -0.1) is 0 Å². The summed E-state index contributed by atoms with van der Waals surface area (Å²) < 4.78 is 0.900. The number of hydrogen-bond donors (Lipinski definition) is 2. The highest BCUT2D eigenvalue weighted by molar-refractivity contribution is 9.10. The lowest BCUT2D eigenvalue weighted by atomic mass is 10.2. The number of carbonyl (C=O) groups excluding carboxylic acids is 1. The summed E-state index contributed by atoms with van der Waals surface area (Å²) in [6.45, 7) is 4.14. The number of rotatable bonds is 4. The maximum Gasteiger partial charge on any atom is 0.279 e. The van der Waals surface area contributed by atoms with Crippen LogP contribution in [0, 0.1) is 0 Å². The van der Waals surface area contributed by atoms with E-state index in [9.17, 15) is 4.79 Å². The summed E-state index contributed by atoms with van der Waals surface area (Å²) in [5.74, 6) is 0.0445. The monoisotopic (exact) mass is 408 g/mol. The highest BCUT2D eigenvalue weighted by Gasteiger charge is 2.23. The number of anilines is 2. The summed E-state index contributed by atoms with van der Waals surface area (Å²) in [6.07, 6.45) is 0. The third-order valence-electron chi connectivity index (χ3n) is 4.22. The first-order chi connectivity index (χ1) is 11.6. The third kappa shape index (κ3) is 4.29. The molecule has 0 radical (unpaired) electrons. The Labute approximate surface area is 155 Å². The first-order valence-electron chi connectivity index (χ1n) is 8.01. The van der Waals surface area contributed by atoms with Gasteiger partial charge in [0, 0.05) is 4.47 Å². The zero-order chi connectivity index (χ0) is 16.9. The molecular formula is C18H20BrClN3O+. The maximum absolute atomic E-state index is 12.3. The zero-order valence-corrected chi connectivity index (χ0v) is 15.6. The van der Waals surface area contributed by atoms with Crippen LogP contribution in [0.5, 0.6) is 0 Å². The minimum atomic E-state index is 0.0445. The smallest absolute Gasteiger partial charge is 0.279 e. The van der Waals surface area contributed by atoms with Crippen molar-refractivity contribution < 1.29 is 9.69 Å². The van der Waals surface area contributed by atoms with Crippen LogP contribution in [0.4, 0.5) is 11.4 Å². The largest absolute Gasteiger partial charge is 0.359 e. The fourth-order valence-corrected chi connectivity index (χ4v) is 3.57. The van der Waals surface area contributed by atoms with Crippen molar-refractivity contribution in [3.05, 3.63) is 58.0 Å². The molecular weight excluding hydrogens is 390 g/mol. The van der Waals surface area contributed by atoms with Crippen molar-refractivity contribution in [2.75, 3.05) is 42.9 Å². The quantitative estimate of drug-likeness (QED) is 0.814. The van der Waals surface area contributed by atoms with Gasteiger partial charge in [0.2, 0.25) is 0 Å². The molecule has 0 spiro atoms. The molecule has 4 nitrogen and oxygen atoms in total. The number of para-hydroxylation sites is 2. The second-order valence-electron chi connectivity index (χ2n) is 5.89. The van der Waals surface area contributed by atoms with Gasteiger partial charge in [-0.05, 0) is 40.2 Å². The standard InChI is InChI=1S/C18H19BrClN3O/c19-14-5-1-3-7-16(14)21-18(24)13-22-9-11-23(12-10-22)17-8-4-2-6-15(17)20/h1-8H,9-13H2,(H,21,24)/p+1. The Kier molecular flexibility index (Phi) is 5.76. The number of hydrogen-bond acceptors (Lipinski definition) is 2. The lowest BCUT2D eigenvalue weighted by Crippen LogP contribution is -3.15. The van der Waals surface area contributed by atoms with Crippen LogP contribution in [0.15, 0.2) is 53.0 Å².